The van der Waals surface area contributed by atoms with Crippen LogP contribution in [-0.2, 0) is 28.2 Å². The number of nitrogens with one attached hydrogen (secondary N) is 1. The molecule has 5 nitrogen and oxygen atoms in total. The molecule has 2 aromatic carbocycles. The number of carbonyl (C=O) groups is 1. The lowest BCUT2D eigenvalue weighted by molar-refractivity contribution is -0.138. The quantitative estimate of drug-likeness (QED) is 0.169. The van der Waals surface area contributed by atoms with E-state index < -0.39 is 37.2 Å². The van der Waals surface area contributed by atoms with Gasteiger partial charge in [-0.15, -0.1) is 0 Å². The standard InChI is InChI=1S/C34H44F4N2O3Si/c1-10-42-30-17-25(20-39-22(30)2)27-14-11-23(15-29(27)35)16-31(41)40-26-13-12-24(28(18-26)34(36,37)38)19-33(6,7)21-43-44(8,9)32(3,4)5/h11-15,17-18,20H,10,16,19,21H2,1-9H3,(H,40,41). The van der Waals surface area contributed by atoms with Crippen molar-refractivity contribution in [3.05, 3.63) is 76.9 Å². The summed E-state index contributed by atoms with van der Waals surface area (Å²) in [5, 5.41) is 2.53. The second-order valence-corrected chi connectivity index (χ2v) is 18.3. The van der Waals surface area contributed by atoms with E-state index in [2.05, 4.69) is 44.2 Å². The van der Waals surface area contributed by atoms with Crippen molar-refractivity contribution < 1.29 is 31.5 Å². The van der Waals surface area contributed by atoms with E-state index >= 15 is 4.39 Å². The Balaban J connectivity index is 1.74. The number of hydrogen-bond donors (Lipinski definition) is 1. The van der Waals surface area contributed by atoms with Gasteiger partial charge in [0.25, 0.3) is 0 Å². The lowest BCUT2D eigenvalue weighted by Crippen LogP contribution is -2.43. The number of anilines is 1. The summed E-state index contributed by atoms with van der Waals surface area (Å²) in [6, 6.07) is 9.95. The second-order valence-electron chi connectivity index (χ2n) is 13.5. The van der Waals surface area contributed by atoms with E-state index in [1.165, 1.54) is 18.2 Å². The molecule has 0 radical (unpaired) electrons. The van der Waals surface area contributed by atoms with Crippen molar-refractivity contribution in [2.45, 2.75) is 85.6 Å². The highest BCUT2D eigenvalue weighted by Gasteiger charge is 2.39. The average molecular weight is 633 g/mol. The van der Waals surface area contributed by atoms with Crippen molar-refractivity contribution >= 4 is 19.9 Å². The molecule has 0 spiro atoms. The summed E-state index contributed by atoms with van der Waals surface area (Å²) in [6.45, 7) is 18.8. The molecule has 0 aliphatic carbocycles. The molecule has 0 saturated heterocycles. The van der Waals surface area contributed by atoms with E-state index in [0.29, 0.717) is 41.3 Å². The number of benzene rings is 2. The van der Waals surface area contributed by atoms with Gasteiger partial charge in [0.1, 0.15) is 11.6 Å². The van der Waals surface area contributed by atoms with Crippen molar-refractivity contribution in [2.24, 2.45) is 5.41 Å². The molecule has 0 aliphatic heterocycles. The highest BCUT2D eigenvalue weighted by molar-refractivity contribution is 6.74. The highest BCUT2D eigenvalue weighted by Crippen LogP contribution is 2.40. The Bertz CT molecular complexity index is 1480. The zero-order chi connectivity index (χ0) is 33.1. The van der Waals surface area contributed by atoms with Crippen molar-refractivity contribution in [2.75, 3.05) is 18.5 Å². The maximum atomic E-state index is 15.0. The number of aryl methyl sites for hydroxylation is 1. The van der Waals surface area contributed by atoms with Gasteiger partial charge in [0, 0.05) is 29.6 Å². The van der Waals surface area contributed by atoms with Crippen LogP contribution >= 0.6 is 0 Å². The Morgan fingerprint density at radius 1 is 1.00 bits per heavy atom. The van der Waals surface area contributed by atoms with Crippen LogP contribution in [0.25, 0.3) is 11.1 Å². The third-order valence-electron chi connectivity index (χ3n) is 8.05. The van der Waals surface area contributed by atoms with Crippen LogP contribution in [0.4, 0.5) is 23.2 Å². The van der Waals surface area contributed by atoms with Crippen LogP contribution in [0.5, 0.6) is 5.75 Å². The van der Waals surface area contributed by atoms with Gasteiger partial charge in [-0.25, -0.2) is 4.39 Å². The van der Waals surface area contributed by atoms with Gasteiger partial charge in [-0.05, 0) is 79.2 Å². The molecule has 1 N–H and O–H groups in total. The molecule has 0 bridgehead atoms. The number of alkyl halides is 3. The van der Waals surface area contributed by atoms with E-state index in [1.54, 1.807) is 31.3 Å². The SMILES string of the molecule is CCOc1cc(-c2ccc(CC(=O)Nc3ccc(CC(C)(C)CO[Si](C)(C)C(C)(C)C)c(C(F)(F)F)c3)cc2F)cnc1C. The van der Waals surface area contributed by atoms with E-state index in [0.717, 1.165) is 6.07 Å². The van der Waals surface area contributed by atoms with Gasteiger partial charge in [0.2, 0.25) is 5.91 Å². The molecular weight excluding hydrogens is 588 g/mol. The third kappa shape index (κ3) is 9.14. The number of pyridine rings is 1. The fourth-order valence-electron chi connectivity index (χ4n) is 4.49. The molecule has 1 amide bonds. The van der Waals surface area contributed by atoms with Gasteiger partial charge in [-0.3, -0.25) is 9.78 Å². The van der Waals surface area contributed by atoms with Crippen molar-refractivity contribution in [1.82, 2.24) is 4.98 Å². The molecule has 0 unspecified atom stereocenters. The van der Waals surface area contributed by atoms with Crippen LogP contribution in [0, 0.1) is 18.2 Å². The molecule has 0 saturated carbocycles. The lowest BCUT2D eigenvalue weighted by Gasteiger charge is -2.39. The first-order chi connectivity index (χ1) is 20.2. The minimum absolute atomic E-state index is 0.0137. The predicted octanol–water partition coefficient (Wildman–Crippen LogP) is 9.39. The van der Waals surface area contributed by atoms with Crippen LogP contribution in [0.15, 0.2) is 48.7 Å². The van der Waals surface area contributed by atoms with Crippen LogP contribution in [0.2, 0.25) is 18.1 Å². The minimum Gasteiger partial charge on any atom is -0.492 e. The van der Waals surface area contributed by atoms with Crippen molar-refractivity contribution in [1.29, 1.82) is 0 Å². The van der Waals surface area contributed by atoms with Crippen molar-refractivity contribution in [3.8, 4) is 16.9 Å². The predicted molar refractivity (Wildman–Crippen MR) is 170 cm³/mol. The van der Waals surface area contributed by atoms with Crippen LogP contribution in [-0.4, -0.2) is 32.4 Å². The van der Waals surface area contributed by atoms with Crippen LogP contribution in [0.1, 0.15) is 63.9 Å². The molecule has 3 rings (SSSR count). The van der Waals surface area contributed by atoms with E-state index in [4.69, 9.17) is 9.16 Å². The molecule has 0 atom stereocenters. The molecular formula is C34H44F4N2O3Si. The molecule has 1 heterocycles. The minimum atomic E-state index is -4.61. The molecule has 1 aromatic heterocycles. The highest BCUT2D eigenvalue weighted by atomic mass is 28.4. The number of halogens is 4. The molecule has 240 valence electrons. The fraction of sp³-hybridized carbons (Fsp3) is 0.471. The fourth-order valence-corrected chi connectivity index (χ4v) is 5.67. The van der Waals surface area contributed by atoms with Crippen LogP contribution < -0.4 is 10.1 Å². The Hall–Kier alpha value is -3.24. The zero-order valence-corrected chi connectivity index (χ0v) is 28.1. The van der Waals surface area contributed by atoms with Gasteiger partial charge < -0.3 is 14.5 Å². The van der Waals surface area contributed by atoms with Gasteiger partial charge in [-0.1, -0.05) is 52.8 Å². The number of nitrogens with zero attached hydrogens (tertiary/aromatic N) is 1. The first kappa shape index (κ1) is 35.2. The summed E-state index contributed by atoms with van der Waals surface area (Å²) in [5.74, 6) is -0.552. The molecule has 3 aromatic rings. The third-order valence-corrected chi connectivity index (χ3v) is 12.5. The van der Waals surface area contributed by atoms with Gasteiger partial charge >= 0.3 is 6.18 Å². The lowest BCUT2D eigenvalue weighted by atomic mass is 9.84. The number of rotatable bonds is 11. The van der Waals surface area contributed by atoms with E-state index in [-0.39, 0.29) is 29.1 Å². The summed E-state index contributed by atoms with van der Waals surface area (Å²) >= 11 is 0. The summed E-state index contributed by atoms with van der Waals surface area (Å²) < 4.78 is 69.3. The molecule has 44 heavy (non-hydrogen) atoms. The second kappa shape index (κ2) is 13.4. The maximum absolute atomic E-state index is 15.0. The van der Waals surface area contributed by atoms with Crippen molar-refractivity contribution in [3.63, 3.8) is 0 Å². The molecule has 0 fully saturated rings. The first-order valence-corrected chi connectivity index (χ1v) is 17.7. The number of aromatic nitrogens is 1. The Labute approximate surface area is 259 Å². The largest absolute Gasteiger partial charge is 0.492 e. The molecule has 0 aliphatic rings. The number of ether oxygens (including phenoxy) is 1. The zero-order valence-electron chi connectivity index (χ0n) is 27.1. The Kier molecular flexibility index (Phi) is 10.7. The average Bonchev–Trinajstić information content (AvgIpc) is 2.89. The summed E-state index contributed by atoms with van der Waals surface area (Å²) in [5.41, 5.74) is 0.700. The van der Waals surface area contributed by atoms with Gasteiger partial charge in [0.05, 0.1) is 24.3 Å². The van der Waals surface area contributed by atoms with Gasteiger partial charge in [0.15, 0.2) is 8.32 Å². The maximum Gasteiger partial charge on any atom is 0.416 e. The summed E-state index contributed by atoms with van der Waals surface area (Å²) in [7, 11) is -2.07. The number of amides is 1. The Morgan fingerprint density at radius 3 is 2.27 bits per heavy atom. The van der Waals surface area contributed by atoms with Gasteiger partial charge in [-0.2, -0.15) is 13.2 Å². The Morgan fingerprint density at radius 2 is 1.68 bits per heavy atom. The van der Waals surface area contributed by atoms with E-state index in [1.807, 2.05) is 20.8 Å². The number of hydrogen-bond acceptors (Lipinski definition) is 4. The topological polar surface area (TPSA) is 60.5 Å². The summed E-state index contributed by atoms with van der Waals surface area (Å²) in [4.78, 5) is 17.1. The first-order valence-electron chi connectivity index (χ1n) is 14.7. The summed E-state index contributed by atoms with van der Waals surface area (Å²) in [6.07, 6.45) is -3.13. The smallest absolute Gasteiger partial charge is 0.416 e. The van der Waals surface area contributed by atoms with E-state index in [9.17, 15) is 18.0 Å². The monoisotopic (exact) mass is 632 g/mol. The number of carbonyl (C=O) groups excluding carboxylic acids is 1. The molecule has 10 heteroatoms. The normalized spacial score (nSPS) is 12.8. The van der Waals surface area contributed by atoms with Crippen LogP contribution in [0.3, 0.4) is 0 Å².